The summed E-state index contributed by atoms with van der Waals surface area (Å²) in [5.74, 6) is -1.16. The highest BCUT2D eigenvalue weighted by Crippen LogP contribution is 2.34. The van der Waals surface area contributed by atoms with Gasteiger partial charge in [0.2, 0.25) is 0 Å². The minimum atomic E-state index is -0.688. The second kappa shape index (κ2) is 9.08. The van der Waals surface area contributed by atoms with Crippen molar-refractivity contribution >= 4 is 40.9 Å². The number of esters is 2. The van der Waals surface area contributed by atoms with Crippen LogP contribution in [0.15, 0.2) is 23.1 Å². The van der Waals surface area contributed by atoms with Gasteiger partial charge in [0.25, 0.3) is 11.1 Å². The van der Waals surface area contributed by atoms with Gasteiger partial charge in [-0.25, -0.2) is 4.79 Å². The van der Waals surface area contributed by atoms with Gasteiger partial charge in [-0.2, -0.15) is 0 Å². The smallest absolute Gasteiger partial charge is 0.343 e. The lowest BCUT2D eigenvalue weighted by molar-refractivity contribution is -0.143. The molecule has 0 N–H and O–H groups in total. The van der Waals surface area contributed by atoms with Crippen LogP contribution >= 0.6 is 11.8 Å². The molecular weight excluding hydrogens is 378 g/mol. The lowest BCUT2D eigenvalue weighted by atomic mass is 10.2. The molecule has 10 heteroatoms. The first-order valence-electron chi connectivity index (χ1n) is 7.59. The third kappa shape index (κ3) is 5.00. The van der Waals surface area contributed by atoms with Crippen molar-refractivity contribution in [3.05, 3.63) is 28.7 Å². The van der Waals surface area contributed by atoms with Crippen LogP contribution in [0.3, 0.4) is 0 Å². The van der Waals surface area contributed by atoms with Gasteiger partial charge in [0, 0.05) is 0 Å². The van der Waals surface area contributed by atoms with Crippen LogP contribution in [0, 0.1) is 0 Å². The van der Waals surface area contributed by atoms with Crippen molar-refractivity contribution in [2.45, 2.75) is 0 Å². The third-order valence-corrected chi connectivity index (χ3v) is 4.35. The second-order valence-electron chi connectivity index (χ2n) is 5.12. The van der Waals surface area contributed by atoms with Gasteiger partial charge >= 0.3 is 11.9 Å². The molecule has 9 nitrogen and oxygen atoms in total. The fraction of sp³-hybridized carbons (Fsp3) is 0.294. The Kier molecular flexibility index (Phi) is 6.83. The summed E-state index contributed by atoms with van der Waals surface area (Å²) in [6, 6.07) is 4.77. The molecule has 0 aromatic heterocycles. The minimum absolute atomic E-state index is 0.161. The number of hydrogen-bond acceptors (Lipinski definition) is 9. The molecule has 0 spiro atoms. The van der Waals surface area contributed by atoms with Gasteiger partial charge < -0.3 is 18.9 Å². The van der Waals surface area contributed by atoms with Crippen LogP contribution in [0.4, 0.5) is 4.79 Å². The lowest BCUT2D eigenvalue weighted by Gasteiger charge is -2.11. The number of ether oxygens (including phenoxy) is 4. The summed E-state index contributed by atoms with van der Waals surface area (Å²) >= 11 is 0.721. The standard InChI is InChI=1S/C17H17NO8S/c1-23-12-6-10(4-5-11(12)26-9-15(20)25-3)7-13-16(21)18(17(22)27-13)8-14(19)24-2/h4-7H,8-9H2,1-3H3/b13-7+. The maximum Gasteiger partial charge on any atom is 0.343 e. The number of rotatable bonds is 7. The summed E-state index contributed by atoms with van der Waals surface area (Å²) in [4.78, 5) is 47.7. The molecule has 0 bridgehead atoms. The van der Waals surface area contributed by atoms with Crippen molar-refractivity contribution < 1.29 is 38.1 Å². The molecule has 1 aromatic carbocycles. The average molecular weight is 395 g/mol. The molecule has 0 radical (unpaired) electrons. The third-order valence-electron chi connectivity index (χ3n) is 3.45. The Morgan fingerprint density at radius 2 is 1.78 bits per heavy atom. The van der Waals surface area contributed by atoms with E-state index in [1.807, 2.05) is 0 Å². The number of carbonyl (C=O) groups is 4. The van der Waals surface area contributed by atoms with Crippen molar-refractivity contribution in [1.82, 2.24) is 4.90 Å². The van der Waals surface area contributed by atoms with Gasteiger partial charge in [-0.1, -0.05) is 6.07 Å². The summed E-state index contributed by atoms with van der Waals surface area (Å²) in [6.07, 6.45) is 1.49. The van der Waals surface area contributed by atoms with Crippen LogP contribution in [0.2, 0.25) is 0 Å². The quantitative estimate of drug-likeness (QED) is 0.501. The van der Waals surface area contributed by atoms with E-state index in [1.54, 1.807) is 18.2 Å². The van der Waals surface area contributed by atoms with E-state index in [2.05, 4.69) is 9.47 Å². The molecule has 0 atom stereocenters. The SMILES string of the molecule is COC(=O)COc1ccc(/C=C2/SC(=O)N(CC(=O)OC)C2=O)cc1OC. The fourth-order valence-electron chi connectivity index (χ4n) is 2.07. The molecule has 0 aliphatic carbocycles. The molecule has 1 aromatic rings. The maximum absolute atomic E-state index is 12.3. The van der Waals surface area contributed by atoms with E-state index in [0.717, 1.165) is 16.7 Å². The molecule has 1 fully saturated rings. The van der Waals surface area contributed by atoms with Crippen molar-refractivity contribution in [2.75, 3.05) is 34.5 Å². The van der Waals surface area contributed by atoms with Crippen LogP contribution in [0.1, 0.15) is 5.56 Å². The van der Waals surface area contributed by atoms with E-state index in [4.69, 9.17) is 9.47 Å². The zero-order chi connectivity index (χ0) is 20.0. The van der Waals surface area contributed by atoms with Crippen LogP contribution < -0.4 is 9.47 Å². The van der Waals surface area contributed by atoms with Crippen molar-refractivity contribution in [3.8, 4) is 11.5 Å². The number of thioether (sulfide) groups is 1. The van der Waals surface area contributed by atoms with E-state index in [0.29, 0.717) is 17.1 Å². The number of carbonyl (C=O) groups excluding carboxylic acids is 4. The molecule has 1 heterocycles. The highest BCUT2D eigenvalue weighted by molar-refractivity contribution is 8.18. The molecule has 0 unspecified atom stereocenters. The minimum Gasteiger partial charge on any atom is -0.493 e. The van der Waals surface area contributed by atoms with E-state index < -0.39 is 29.6 Å². The van der Waals surface area contributed by atoms with Gasteiger partial charge in [0.05, 0.1) is 26.2 Å². The van der Waals surface area contributed by atoms with Crippen molar-refractivity contribution in [3.63, 3.8) is 0 Å². The maximum atomic E-state index is 12.3. The van der Waals surface area contributed by atoms with Gasteiger partial charge in [-0.15, -0.1) is 0 Å². The number of nitrogens with zero attached hydrogens (tertiary/aromatic N) is 1. The van der Waals surface area contributed by atoms with Crippen molar-refractivity contribution in [2.24, 2.45) is 0 Å². The highest BCUT2D eigenvalue weighted by atomic mass is 32.2. The molecule has 2 rings (SSSR count). The number of imide groups is 1. The molecule has 0 saturated carbocycles. The second-order valence-corrected chi connectivity index (χ2v) is 6.11. The normalized spacial score (nSPS) is 15.1. The van der Waals surface area contributed by atoms with Crippen LogP contribution in [-0.4, -0.2) is 62.5 Å². The van der Waals surface area contributed by atoms with Crippen LogP contribution in [-0.2, 0) is 23.9 Å². The average Bonchev–Trinajstić information content (AvgIpc) is 2.93. The number of methoxy groups -OCH3 is 3. The molecule has 2 amide bonds. The first kappa shape index (κ1) is 20.3. The Bertz CT molecular complexity index is 804. The molecule has 27 heavy (non-hydrogen) atoms. The monoisotopic (exact) mass is 395 g/mol. The van der Waals surface area contributed by atoms with E-state index in [9.17, 15) is 19.2 Å². The lowest BCUT2D eigenvalue weighted by Crippen LogP contribution is -2.34. The molecule has 1 aliphatic heterocycles. The summed E-state index contributed by atoms with van der Waals surface area (Å²) in [7, 11) is 3.85. The Labute approximate surface area is 159 Å². The summed E-state index contributed by atoms with van der Waals surface area (Å²) in [5, 5.41) is -0.554. The first-order valence-corrected chi connectivity index (χ1v) is 8.41. The van der Waals surface area contributed by atoms with E-state index in [-0.39, 0.29) is 11.5 Å². The zero-order valence-electron chi connectivity index (χ0n) is 14.8. The number of amides is 2. The van der Waals surface area contributed by atoms with Crippen LogP contribution in [0.25, 0.3) is 6.08 Å². The van der Waals surface area contributed by atoms with Gasteiger partial charge in [-0.3, -0.25) is 19.3 Å². The topological polar surface area (TPSA) is 108 Å². The molecule has 1 saturated heterocycles. The zero-order valence-corrected chi connectivity index (χ0v) is 15.7. The fourth-order valence-corrected chi connectivity index (χ4v) is 2.91. The number of hydrogen-bond donors (Lipinski definition) is 0. The molecule has 144 valence electrons. The van der Waals surface area contributed by atoms with Gasteiger partial charge in [-0.05, 0) is 35.5 Å². The summed E-state index contributed by atoms with van der Waals surface area (Å²) < 4.78 is 19.5. The largest absolute Gasteiger partial charge is 0.493 e. The molecule has 1 aliphatic rings. The molecular formula is C17H17NO8S. The van der Waals surface area contributed by atoms with Gasteiger partial charge in [0.1, 0.15) is 6.54 Å². The first-order chi connectivity index (χ1) is 12.9. The predicted octanol–water partition coefficient (Wildman–Crippen LogP) is 1.46. The van der Waals surface area contributed by atoms with Crippen LogP contribution in [0.5, 0.6) is 11.5 Å². The van der Waals surface area contributed by atoms with Crippen molar-refractivity contribution in [1.29, 1.82) is 0 Å². The Hall–Kier alpha value is -3.01. The summed E-state index contributed by atoms with van der Waals surface area (Å²) in [5.41, 5.74) is 0.570. The Morgan fingerprint density at radius 3 is 2.41 bits per heavy atom. The predicted molar refractivity (Wildman–Crippen MR) is 95.2 cm³/mol. The Morgan fingerprint density at radius 1 is 1.07 bits per heavy atom. The number of benzene rings is 1. The van der Waals surface area contributed by atoms with Gasteiger partial charge in [0.15, 0.2) is 18.1 Å². The Balaban J connectivity index is 2.18. The van der Waals surface area contributed by atoms with E-state index in [1.165, 1.54) is 27.4 Å². The summed E-state index contributed by atoms with van der Waals surface area (Å²) in [6.45, 7) is -0.721. The highest BCUT2D eigenvalue weighted by Gasteiger charge is 2.36. The van der Waals surface area contributed by atoms with E-state index >= 15 is 0 Å².